The van der Waals surface area contributed by atoms with E-state index in [0.29, 0.717) is 26.1 Å². The molecule has 7 nitrogen and oxygen atoms in total. The maximum absolute atomic E-state index is 13.9. The first-order valence-corrected chi connectivity index (χ1v) is 10.7. The third-order valence-electron chi connectivity index (χ3n) is 5.18. The summed E-state index contributed by atoms with van der Waals surface area (Å²) in [6.45, 7) is 2.00. The van der Waals surface area contributed by atoms with Crippen molar-refractivity contribution in [3.63, 3.8) is 0 Å². The number of ether oxygens (including phenoxy) is 1. The van der Waals surface area contributed by atoms with Crippen LogP contribution in [0.1, 0.15) is 25.7 Å². The lowest BCUT2D eigenvalue weighted by Crippen LogP contribution is -2.46. The minimum Gasteiger partial charge on any atom is -0.494 e. The normalized spacial score (nSPS) is 23.1. The van der Waals surface area contributed by atoms with Gasteiger partial charge < -0.3 is 15.4 Å². The Morgan fingerprint density at radius 3 is 2.79 bits per heavy atom. The number of hydrogen-bond acceptors (Lipinski definition) is 5. The van der Waals surface area contributed by atoms with Gasteiger partial charge in [-0.15, -0.1) is 12.4 Å². The molecule has 1 aromatic carbocycles. The summed E-state index contributed by atoms with van der Waals surface area (Å²) >= 11 is 0. The summed E-state index contributed by atoms with van der Waals surface area (Å²) in [6, 6.07) is 3.52. The van der Waals surface area contributed by atoms with Gasteiger partial charge in [0.05, 0.1) is 18.0 Å². The summed E-state index contributed by atoms with van der Waals surface area (Å²) in [5, 5.41) is 6.08. The molecular weight excluding hydrogens is 409 g/mol. The SMILES string of the molecule is COc1ccc(S(=O)(=O)N2CCCC(CNC(=O)C3CCCN3)C2)cc1F.Cl. The van der Waals surface area contributed by atoms with Crippen molar-refractivity contribution < 1.29 is 22.3 Å². The number of hydrogen-bond donors (Lipinski definition) is 2. The molecule has 2 aliphatic heterocycles. The minimum absolute atomic E-state index is 0. The maximum atomic E-state index is 13.9. The van der Waals surface area contributed by atoms with E-state index in [2.05, 4.69) is 10.6 Å². The van der Waals surface area contributed by atoms with Crippen LogP contribution in [-0.4, -0.2) is 58.0 Å². The molecule has 0 bridgehead atoms. The molecule has 2 N–H and O–H groups in total. The number of piperidine rings is 1. The van der Waals surface area contributed by atoms with Gasteiger partial charge in [0.25, 0.3) is 0 Å². The van der Waals surface area contributed by atoms with Crippen LogP contribution >= 0.6 is 12.4 Å². The van der Waals surface area contributed by atoms with Crippen LogP contribution < -0.4 is 15.4 Å². The number of methoxy groups -OCH3 is 1. The zero-order valence-electron chi connectivity index (χ0n) is 15.8. The third-order valence-corrected chi connectivity index (χ3v) is 7.05. The largest absolute Gasteiger partial charge is 0.494 e. The summed E-state index contributed by atoms with van der Waals surface area (Å²) in [4.78, 5) is 12.0. The Hall–Kier alpha value is -1.42. The van der Waals surface area contributed by atoms with E-state index < -0.39 is 15.8 Å². The van der Waals surface area contributed by atoms with Gasteiger partial charge in [-0.2, -0.15) is 4.31 Å². The van der Waals surface area contributed by atoms with Gasteiger partial charge >= 0.3 is 0 Å². The fourth-order valence-corrected chi connectivity index (χ4v) is 5.21. The number of carbonyl (C=O) groups is 1. The van der Waals surface area contributed by atoms with E-state index in [0.717, 1.165) is 31.9 Å². The predicted molar refractivity (Wildman–Crippen MR) is 106 cm³/mol. The highest BCUT2D eigenvalue weighted by atomic mass is 35.5. The van der Waals surface area contributed by atoms with Gasteiger partial charge in [0.1, 0.15) is 0 Å². The van der Waals surface area contributed by atoms with Crippen LogP contribution in [0.4, 0.5) is 4.39 Å². The number of nitrogens with zero attached hydrogens (tertiary/aromatic N) is 1. The molecule has 0 spiro atoms. The highest BCUT2D eigenvalue weighted by molar-refractivity contribution is 7.89. The lowest BCUT2D eigenvalue weighted by molar-refractivity contribution is -0.123. The molecule has 1 aromatic rings. The molecule has 2 atom stereocenters. The summed E-state index contributed by atoms with van der Waals surface area (Å²) in [5.74, 6) is -0.677. The summed E-state index contributed by atoms with van der Waals surface area (Å²) < 4.78 is 45.8. The first kappa shape index (κ1) is 22.9. The van der Waals surface area contributed by atoms with Crippen molar-refractivity contribution in [1.82, 2.24) is 14.9 Å². The van der Waals surface area contributed by atoms with E-state index in [1.165, 1.54) is 23.5 Å². The number of carbonyl (C=O) groups excluding carboxylic acids is 1. The van der Waals surface area contributed by atoms with E-state index >= 15 is 0 Å². The molecule has 2 fully saturated rings. The molecule has 2 aliphatic rings. The summed E-state index contributed by atoms with van der Waals surface area (Å²) in [5.41, 5.74) is 0. The quantitative estimate of drug-likeness (QED) is 0.707. The average molecular weight is 436 g/mol. The number of nitrogens with one attached hydrogen (secondary N) is 2. The maximum Gasteiger partial charge on any atom is 0.243 e. The Labute approximate surface area is 171 Å². The Morgan fingerprint density at radius 1 is 1.36 bits per heavy atom. The van der Waals surface area contributed by atoms with E-state index in [9.17, 15) is 17.6 Å². The molecule has 2 unspecified atom stereocenters. The van der Waals surface area contributed by atoms with Gasteiger partial charge in [0, 0.05) is 19.6 Å². The van der Waals surface area contributed by atoms with Gasteiger partial charge in [-0.1, -0.05) is 0 Å². The van der Waals surface area contributed by atoms with E-state index in [1.807, 2.05) is 0 Å². The zero-order chi connectivity index (χ0) is 19.4. The lowest BCUT2D eigenvalue weighted by Gasteiger charge is -2.32. The second-order valence-corrected chi connectivity index (χ2v) is 9.00. The van der Waals surface area contributed by atoms with Crippen LogP contribution in [0.15, 0.2) is 23.1 Å². The molecule has 1 amide bonds. The average Bonchev–Trinajstić information content (AvgIpc) is 3.21. The molecule has 158 valence electrons. The molecule has 2 saturated heterocycles. The summed E-state index contributed by atoms with van der Waals surface area (Å²) in [7, 11) is -2.45. The predicted octanol–water partition coefficient (Wildman–Crippen LogP) is 1.52. The van der Waals surface area contributed by atoms with Crippen LogP contribution in [0.25, 0.3) is 0 Å². The molecule has 0 radical (unpaired) electrons. The van der Waals surface area contributed by atoms with E-state index in [-0.39, 0.29) is 40.9 Å². The standard InChI is InChI=1S/C18H26FN3O4S.ClH/c1-26-17-7-6-14(10-15(17)19)27(24,25)22-9-3-4-13(12-22)11-21-18(23)16-5-2-8-20-16;/h6-7,10,13,16,20H,2-5,8-9,11-12H2,1H3,(H,21,23);1H. The van der Waals surface area contributed by atoms with E-state index in [4.69, 9.17) is 4.74 Å². The van der Waals surface area contributed by atoms with Crippen LogP contribution in [0.3, 0.4) is 0 Å². The van der Waals surface area contributed by atoms with Gasteiger partial charge in [-0.25, -0.2) is 12.8 Å². The van der Waals surface area contributed by atoms with Crippen LogP contribution in [0.5, 0.6) is 5.75 Å². The first-order valence-electron chi connectivity index (χ1n) is 9.26. The fraction of sp³-hybridized carbons (Fsp3) is 0.611. The second-order valence-electron chi connectivity index (χ2n) is 7.06. The highest BCUT2D eigenvalue weighted by Crippen LogP contribution is 2.26. The zero-order valence-corrected chi connectivity index (χ0v) is 17.5. The van der Waals surface area contributed by atoms with Crippen molar-refractivity contribution in [2.45, 2.75) is 36.6 Å². The van der Waals surface area contributed by atoms with Crippen molar-refractivity contribution in [2.24, 2.45) is 5.92 Å². The van der Waals surface area contributed by atoms with Crippen molar-refractivity contribution in [1.29, 1.82) is 0 Å². The smallest absolute Gasteiger partial charge is 0.243 e. The molecule has 0 aliphatic carbocycles. The van der Waals surface area contributed by atoms with Gasteiger partial charge in [0.15, 0.2) is 11.6 Å². The minimum atomic E-state index is -3.78. The Kier molecular flexibility index (Phi) is 8.06. The lowest BCUT2D eigenvalue weighted by atomic mass is 9.99. The Balaban J connectivity index is 0.00000280. The molecule has 0 saturated carbocycles. The van der Waals surface area contributed by atoms with Gasteiger partial charge in [-0.05, 0) is 56.3 Å². The van der Waals surface area contributed by atoms with Crippen molar-refractivity contribution in [2.75, 3.05) is 33.3 Å². The van der Waals surface area contributed by atoms with Crippen molar-refractivity contribution >= 4 is 28.3 Å². The van der Waals surface area contributed by atoms with Crippen LogP contribution in [0, 0.1) is 11.7 Å². The molecule has 0 aromatic heterocycles. The number of halogens is 2. The first-order chi connectivity index (χ1) is 12.9. The highest BCUT2D eigenvalue weighted by Gasteiger charge is 2.31. The number of benzene rings is 1. The van der Waals surface area contributed by atoms with Gasteiger partial charge in [0.2, 0.25) is 15.9 Å². The molecule has 2 heterocycles. The number of rotatable bonds is 6. The number of amides is 1. The topological polar surface area (TPSA) is 87.7 Å². The molecule has 10 heteroatoms. The molecular formula is C18H27ClFN3O4S. The fourth-order valence-electron chi connectivity index (χ4n) is 3.64. The van der Waals surface area contributed by atoms with Crippen LogP contribution in [-0.2, 0) is 14.8 Å². The van der Waals surface area contributed by atoms with Crippen molar-refractivity contribution in [3.05, 3.63) is 24.0 Å². The molecule has 28 heavy (non-hydrogen) atoms. The second kappa shape index (κ2) is 9.87. The summed E-state index contributed by atoms with van der Waals surface area (Å²) in [6.07, 6.45) is 3.38. The monoisotopic (exact) mass is 435 g/mol. The Bertz CT molecular complexity index is 787. The molecule has 3 rings (SSSR count). The third kappa shape index (κ3) is 5.14. The Morgan fingerprint density at radius 2 is 2.14 bits per heavy atom. The van der Waals surface area contributed by atoms with Gasteiger partial charge in [-0.3, -0.25) is 4.79 Å². The van der Waals surface area contributed by atoms with E-state index in [1.54, 1.807) is 0 Å². The van der Waals surface area contributed by atoms with Crippen molar-refractivity contribution in [3.8, 4) is 5.75 Å². The number of sulfonamides is 1. The van der Waals surface area contributed by atoms with Crippen LogP contribution in [0.2, 0.25) is 0 Å².